The summed E-state index contributed by atoms with van der Waals surface area (Å²) in [6.07, 6.45) is 11.2. The van der Waals surface area contributed by atoms with E-state index in [1.165, 1.54) is 19.4 Å². The maximum atomic E-state index is 11.7. The Balaban J connectivity index is 1.62. The Hall–Kier alpha value is -1.01. The Morgan fingerprint density at radius 3 is 2.59 bits per heavy atom. The number of carbonyl (C=O) groups excluding carboxylic acids is 1. The van der Waals surface area contributed by atoms with Gasteiger partial charge in [-0.15, -0.1) is 12.3 Å². The fraction of sp³-hybridized carbons (Fsp3) is 0.786. The zero-order valence-electron chi connectivity index (χ0n) is 10.5. The molecule has 0 unspecified atom stereocenters. The Labute approximate surface area is 104 Å². The smallest absolute Gasteiger partial charge is 0.223 e. The van der Waals surface area contributed by atoms with Gasteiger partial charge >= 0.3 is 0 Å². The number of amides is 1. The number of hydrogen-bond donors (Lipinski definition) is 1. The van der Waals surface area contributed by atoms with Gasteiger partial charge in [0.05, 0.1) is 0 Å². The predicted octanol–water partition coefficient (Wildman–Crippen LogP) is 1.39. The van der Waals surface area contributed by atoms with Crippen LogP contribution in [0.4, 0.5) is 0 Å². The van der Waals surface area contributed by atoms with Gasteiger partial charge in [0.1, 0.15) is 0 Å². The number of carbonyl (C=O) groups is 1. The van der Waals surface area contributed by atoms with Crippen molar-refractivity contribution >= 4 is 5.91 Å². The van der Waals surface area contributed by atoms with Crippen molar-refractivity contribution in [3.8, 4) is 12.3 Å². The fourth-order valence-electron chi connectivity index (χ4n) is 2.33. The summed E-state index contributed by atoms with van der Waals surface area (Å²) in [5.41, 5.74) is 0. The summed E-state index contributed by atoms with van der Waals surface area (Å²) in [6.45, 7) is 2.97. The standard InChI is InChI=1S/C14H22N2O/c1-2-3-4-14(17)16-9-7-13(8-10-16)15-11-12-5-6-12/h1,12-13,15H,3-11H2. The lowest BCUT2D eigenvalue weighted by Gasteiger charge is -2.32. The van der Waals surface area contributed by atoms with E-state index >= 15 is 0 Å². The number of nitrogens with zero attached hydrogens (tertiary/aromatic N) is 1. The molecule has 0 aromatic carbocycles. The Morgan fingerprint density at radius 2 is 2.00 bits per heavy atom. The molecule has 2 aliphatic rings. The van der Waals surface area contributed by atoms with Gasteiger partial charge in [-0.3, -0.25) is 4.79 Å². The minimum Gasteiger partial charge on any atom is -0.343 e. The molecule has 1 saturated heterocycles. The third kappa shape index (κ3) is 4.05. The van der Waals surface area contributed by atoms with Gasteiger partial charge < -0.3 is 10.2 Å². The molecular weight excluding hydrogens is 212 g/mol. The van der Waals surface area contributed by atoms with Crippen LogP contribution in [0.5, 0.6) is 0 Å². The summed E-state index contributed by atoms with van der Waals surface area (Å²) < 4.78 is 0. The van der Waals surface area contributed by atoms with E-state index in [0.717, 1.165) is 31.8 Å². The number of hydrogen-bond acceptors (Lipinski definition) is 2. The van der Waals surface area contributed by atoms with E-state index in [0.29, 0.717) is 18.9 Å². The lowest BCUT2D eigenvalue weighted by Crippen LogP contribution is -2.45. The van der Waals surface area contributed by atoms with Crippen molar-refractivity contribution < 1.29 is 4.79 Å². The second-order valence-corrected chi connectivity index (χ2v) is 5.21. The Kier molecular flexibility index (Phi) is 4.44. The quantitative estimate of drug-likeness (QED) is 0.729. The molecule has 0 aromatic rings. The van der Waals surface area contributed by atoms with E-state index in [-0.39, 0.29) is 5.91 Å². The highest BCUT2D eigenvalue weighted by Gasteiger charge is 2.25. The topological polar surface area (TPSA) is 32.3 Å². The molecule has 1 aliphatic heterocycles. The summed E-state index contributed by atoms with van der Waals surface area (Å²) in [6, 6.07) is 0.618. The van der Waals surface area contributed by atoms with E-state index in [1.54, 1.807) is 0 Å². The van der Waals surface area contributed by atoms with E-state index < -0.39 is 0 Å². The van der Waals surface area contributed by atoms with Crippen LogP contribution in [0.2, 0.25) is 0 Å². The average Bonchev–Trinajstić information content (AvgIpc) is 3.18. The van der Waals surface area contributed by atoms with Gasteiger partial charge in [0.15, 0.2) is 0 Å². The summed E-state index contributed by atoms with van der Waals surface area (Å²) >= 11 is 0. The van der Waals surface area contributed by atoms with Crippen LogP contribution in [-0.2, 0) is 4.79 Å². The van der Waals surface area contributed by atoms with Gasteiger partial charge in [0.2, 0.25) is 5.91 Å². The average molecular weight is 234 g/mol. The molecule has 0 radical (unpaired) electrons. The van der Waals surface area contributed by atoms with Crippen molar-refractivity contribution in [1.82, 2.24) is 10.2 Å². The lowest BCUT2D eigenvalue weighted by atomic mass is 10.0. The van der Waals surface area contributed by atoms with Crippen molar-refractivity contribution in [2.45, 2.75) is 44.6 Å². The third-order valence-electron chi connectivity index (χ3n) is 3.72. The molecule has 2 rings (SSSR count). The maximum Gasteiger partial charge on any atom is 0.223 e. The molecule has 0 spiro atoms. The lowest BCUT2D eigenvalue weighted by molar-refractivity contribution is -0.132. The number of rotatable bonds is 5. The first-order valence-electron chi connectivity index (χ1n) is 6.74. The van der Waals surface area contributed by atoms with Crippen molar-refractivity contribution in [2.24, 2.45) is 5.92 Å². The van der Waals surface area contributed by atoms with Gasteiger partial charge in [0, 0.05) is 32.0 Å². The number of nitrogens with one attached hydrogen (secondary N) is 1. The van der Waals surface area contributed by atoms with Crippen LogP contribution >= 0.6 is 0 Å². The Bertz CT molecular complexity index is 296. The minimum atomic E-state index is 0.226. The molecule has 17 heavy (non-hydrogen) atoms. The summed E-state index contributed by atoms with van der Waals surface area (Å²) in [5, 5.41) is 3.62. The van der Waals surface area contributed by atoms with Crippen LogP contribution in [0.25, 0.3) is 0 Å². The van der Waals surface area contributed by atoms with Crippen LogP contribution in [0.3, 0.4) is 0 Å². The molecule has 3 nitrogen and oxygen atoms in total. The van der Waals surface area contributed by atoms with E-state index in [4.69, 9.17) is 6.42 Å². The van der Waals surface area contributed by atoms with Crippen molar-refractivity contribution in [1.29, 1.82) is 0 Å². The van der Waals surface area contributed by atoms with Crippen LogP contribution in [0, 0.1) is 18.3 Å². The van der Waals surface area contributed by atoms with E-state index in [1.807, 2.05) is 4.90 Å². The molecule has 1 saturated carbocycles. The molecular formula is C14H22N2O. The molecule has 94 valence electrons. The van der Waals surface area contributed by atoms with Crippen LogP contribution < -0.4 is 5.32 Å². The van der Waals surface area contributed by atoms with Gasteiger partial charge in [-0.25, -0.2) is 0 Å². The van der Waals surface area contributed by atoms with Crippen molar-refractivity contribution in [2.75, 3.05) is 19.6 Å². The first kappa shape index (κ1) is 12.4. The molecule has 0 bridgehead atoms. The molecule has 1 heterocycles. The molecule has 1 aliphatic carbocycles. The van der Waals surface area contributed by atoms with Gasteiger partial charge in [-0.1, -0.05) is 0 Å². The molecule has 0 aromatic heterocycles. The summed E-state index contributed by atoms with van der Waals surface area (Å²) in [7, 11) is 0. The largest absolute Gasteiger partial charge is 0.343 e. The highest BCUT2D eigenvalue weighted by atomic mass is 16.2. The summed E-state index contributed by atoms with van der Waals surface area (Å²) in [5.74, 6) is 3.69. The monoisotopic (exact) mass is 234 g/mol. The molecule has 2 fully saturated rings. The van der Waals surface area contributed by atoms with Gasteiger partial charge in [-0.2, -0.15) is 0 Å². The van der Waals surface area contributed by atoms with Gasteiger partial charge in [-0.05, 0) is 38.1 Å². The number of likely N-dealkylation sites (tertiary alicyclic amines) is 1. The zero-order valence-corrected chi connectivity index (χ0v) is 10.5. The van der Waals surface area contributed by atoms with Crippen LogP contribution in [0.1, 0.15) is 38.5 Å². The first-order valence-corrected chi connectivity index (χ1v) is 6.74. The van der Waals surface area contributed by atoms with Crippen molar-refractivity contribution in [3.05, 3.63) is 0 Å². The van der Waals surface area contributed by atoms with Gasteiger partial charge in [0.25, 0.3) is 0 Å². The van der Waals surface area contributed by atoms with Crippen LogP contribution in [-0.4, -0.2) is 36.5 Å². The van der Waals surface area contributed by atoms with Crippen molar-refractivity contribution in [3.63, 3.8) is 0 Å². The minimum absolute atomic E-state index is 0.226. The fourth-order valence-corrected chi connectivity index (χ4v) is 2.33. The number of terminal acetylenes is 1. The second kappa shape index (κ2) is 6.07. The maximum absolute atomic E-state index is 11.7. The second-order valence-electron chi connectivity index (χ2n) is 5.21. The first-order chi connectivity index (χ1) is 8.29. The van der Waals surface area contributed by atoms with E-state index in [2.05, 4.69) is 11.2 Å². The highest BCUT2D eigenvalue weighted by molar-refractivity contribution is 5.76. The highest BCUT2D eigenvalue weighted by Crippen LogP contribution is 2.28. The van der Waals surface area contributed by atoms with Crippen LogP contribution in [0.15, 0.2) is 0 Å². The molecule has 1 amide bonds. The normalized spacial score (nSPS) is 21.2. The number of piperidine rings is 1. The molecule has 0 atom stereocenters. The summed E-state index contributed by atoms with van der Waals surface area (Å²) in [4.78, 5) is 13.7. The zero-order chi connectivity index (χ0) is 12.1. The van der Waals surface area contributed by atoms with E-state index in [9.17, 15) is 4.79 Å². The molecule has 3 heteroatoms. The predicted molar refractivity (Wildman–Crippen MR) is 68.4 cm³/mol. The SMILES string of the molecule is C#CCCC(=O)N1CCC(NCC2CC2)CC1. The molecule has 1 N–H and O–H groups in total. The third-order valence-corrected chi connectivity index (χ3v) is 3.72. The Morgan fingerprint density at radius 1 is 1.29 bits per heavy atom.